The molecular weight excluding hydrogens is 268 g/mol. The summed E-state index contributed by atoms with van der Waals surface area (Å²) in [6, 6.07) is 0. The molecule has 4 heteroatoms. The van der Waals surface area contributed by atoms with Gasteiger partial charge in [-0.2, -0.15) is 0 Å². The molecule has 4 nitrogen and oxygen atoms in total. The lowest BCUT2D eigenvalue weighted by atomic mass is 9.69. The topological polar surface area (TPSA) is 68.3 Å². The zero-order valence-electron chi connectivity index (χ0n) is 13.7. The summed E-state index contributed by atoms with van der Waals surface area (Å²) in [5, 5.41) is 0. The molecule has 0 fully saturated rings. The molecule has 0 aromatic heterocycles. The van der Waals surface area contributed by atoms with Crippen molar-refractivity contribution in [3.05, 3.63) is 0 Å². The number of hydrogen-bond acceptors (Lipinski definition) is 4. The molecule has 0 aromatic carbocycles. The third-order valence-corrected chi connectivity index (χ3v) is 3.53. The fraction of sp³-hybridized carbons (Fsp3) is 0.765. The smallest absolute Gasteiger partial charge is 0.198 e. The quantitative estimate of drug-likeness (QED) is 0.410. The molecule has 0 amide bonds. The Hall–Kier alpha value is -1.32. The fourth-order valence-corrected chi connectivity index (χ4v) is 3.14. The van der Waals surface area contributed by atoms with Gasteiger partial charge in [0.25, 0.3) is 0 Å². The van der Waals surface area contributed by atoms with E-state index in [0.717, 1.165) is 19.1 Å². The summed E-state index contributed by atoms with van der Waals surface area (Å²) in [6.07, 6.45) is 3.46. The number of carbonyl (C=O) groups excluding carboxylic acids is 4. The van der Waals surface area contributed by atoms with E-state index in [1.54, 1.807) is 0 Å². The minimum atomic E-state index is -0.495. The Morgan fingerprint density at radius 1 is 0.905 bits per heavy atom. The van der Waals surface area contributed by atoms with Crippen molar-refractivity contribution in [2.24, 2.45) is 17.3 Å². The van der Waals surface area contributed by atoms with E-state index in [0.29, 0.717) is 24.5 Å². The second-order valence-corrected chi connectivity index (χ2v) is 6.80. The number of Topliss-reactive ketones (excluding diaryl/α,β-unsaturated/α-hetero) is 2. The van der Waals surface area contributed by atoms with Crippen molar-refractivity contribution in [2.45, 2.75) is 66.2 Å². The molecule has 0 bridgehead atoms. The second kappa shape index (κ2) is 9.59. The van der Waals surface area contributed by atoms with Gasteiger partial charge in [0.15, 0.2) is 11.6 Å². The van der Waals surface area contributed by atoms with Crippen molar-refractivity contribution in [3.8, 4) is 0 Å². The molecule has 0 aromatic rings. The maximum Gasteiger partial charge on any atom is 0.198 e. The van der Waals surface area contributed by atoms with Gasteiger partial charge >= 0.3 is 0 Å². The molecule has 0 rings (SSSR count). The van der Waals surface area contributed by atoms with Crippen molar-refractivity contribution in [1.29, 1.82) is 0 Å². The van der Waals surface area contributed by atoms with E-state index >= 15 is 0 Å². The summed E-state index contributed by atoms with van der Waals surface area (Å²) >= 11 is 0. The van der Waals surface area contributed by atoms with E-state index < -0.39 is 17.0 Å². The minimum Gasteiger partial charge on any atom is -0.303 e. The van der Waals surface area contributed by atoms with Crippen LogP contribution in [0.2, 0.25) is 0 Å². The average molecular weight is 296 g/mol. The molecule has 0 aliphatic carbocycles. The first-order valence-electron chi connectivity index (χ1n) is 7.69. The molecule has 0 aliphatic rings. The van der Waals surface area contributed by atoms with Crippen LogP contribution in [0.4, 0.5) is 0 Å². The molecular formula is C17H28O4. The van der Waals surface area contributed by atoms with Crippen LogP contribution in [0.1, 0.15) is 66.2 Å². The number of hydrogen-bond donors (Lipinski definition) is 0. The highest BCUT2D eigenvalue weighted by atomic mass is 16.2. The Morgan fingerprint density at radius 2 is 1.43 bits per heavy atom. The summed E-state index contributed by atoms with van der Waals surface area (Å²) in [7, 11) is 0. The molecule has 0 N–H and O–H groups in total. The van der Waals surface area contributed by atoms with Crippen molar-refractivity contribution < 1.29 is 19.2 Å². The molecule has 120 valence electrons. The van der Waals surface area contributed by atoms with E-state index in [1.807, 2.05) is 0 Å². The molecule has 0 saturated heterocycles. The van der Waals surface area contributed by atoms with Crippen LogP contribution in [-0.2, 0) is 19.2 Å². The molecule has 0 atom stereocenters. The predicted molar refractivity (Wildman–Crippen MR) is 82.0 cm³/mol. The van der Waals surface area contributed by atoms with Crippen LogP contribution >= 0.6 is 0 Å². The van der Waals surface area contributed by atoms with Crippen molar-refractivity contribution in [3.63, 3.8) is 0 Å². The Balaban J connectivity index is 5.08. The van der Waals surface area contributed by atoms with Gasteiger partial charge in [0.05, 0.1) is 0 Å². The number of rotatable bonds is 12. The molecule has 0 aliphatic heterocycles. The van der Waals surface area contributed by atoms with Crippen LogP contribution in [0.5, 0.6) is 0 Å². The highest BCUT2D eigenvalue weighted by molar-refractivity contribution is 6.37. The Kier molecular flexibility index (Phi) is 8.98. The highest BCUT2D eigenvalue weighted by Crippen LogP contribution is 2.40. The Labute approximate surface area is 127 Å². The summed E-state index contributed by atoms with van der Waals surface area (Å²) in [6.45, 7) is 8.22. The normalized spacial score (nSPS) is 11.7. The summed E-state index contributed by atoms with van der Waals surface area (Å²) in [4.78, 5) is 45.2. The number of aldehydes is 2. The lowest BCUT2D eigenvalue weighted by Gasteiger charge is -2.35. The first-order chi connectivity index (χ1) is 9.76. The van der Waals surface area contributed by atoms with Gasteiger partial charge in [-0.25, -0.2) is 0 Å². The Bertz CT molecular complexity index is 359. The monoisotopic (exact) mass is 296 g/mol. The van der Waals surface area contributed by atoms with E-state index in [2.05, 4.69) is 27.7 Å². The third-order valence-electron chi connectivity index (χ3n) is 3.53. The van der Waals surface area contributed by atoms with Crippen molar-refractivity contribution in [2.75, 3.05) is 0 Å². The minimum absolute atomic E-state index is 0.0249. The summed E-state index contributed by atoms with van der Waals surface area (Å²) in [5.74, 6) is -0.243. The summed E-state index contributed by atoms with van der Waals surface area (Å²) in [5.41, 5.74) is -0.433. The molecule has 21 heavy (non-hydrogen) atoms. The van der Waals surface area contributed by atoms with Gasteiger partial charge in [0.1, 0.15) is 12.6 Å². The van der Waals surface area contributed by atoms with Gasteiger partial charge in [-0.05, 0) is 30.1 Å². The largest absolute Gasteiger partial charge is 0.303 e. The van der Waals surface area contributed by atoms with Crippen LogP contribution in [0.25, 0.3) is 0 Å². The van der Waals surface area contributed by atoms with Crippen LogP contribution < -0.4 is 0 Å². The zero-order chi connectivity index (χ0) is 16.5. The van der Waals surface area contributed by atoms with E-state index in [-0.39, 0.29) is 19.3 Å². The van der Waals surface area contributed by atoms with Crippen molar-refractivity contribution >= 4 is 24.1 Å². The van der Waals surface area contributed by atoms with Crippen molar-refractivity contribution in [1.82, 2.24) is 0 Å². The maximum absolute atomic E-state index is 12.1. The van der Waals surface area contributed by atoms with Crippen LogP contribution in [0.3, 0.4) is 0 Å². The predicted octanol–water partition coefficient (Wildman–Crippen LogP) is 3.16. The maximum atomic E-state index is 12.1. The molecule has 0 unspecified atom stereocenters. The van der Waals surface area contributed by atoms with Crippen LogP contribution in [-0.4, -0.2) is 24.1 Å². The van der Waals surface area contributed by atoms with Gasteiger partial charge in [-0.15, -0.1) is 0 Å². The molecule has 0 radical (unpaired) electrons. The molecule has 0 spiro atoms. The van der Waals surface area contributed by atoms with Gasteiger partial charge in [-0.3, -0.25) is 9.59 Å². The standard InChI is InChI=1S/C17H28O4/c1-13(2)10-17(7-9-19,11-14(3)4)12-16(21)15(20)6-5-8-18/h8-9,13-14H,5-7,10-12H2,1-4H3. The first-order valence-corrected chi connectivity index (χ1v) is 7.69. The van der Waals surface area contributed by atoms with E-state index in [9.17, 15) is 19.2 Å². The molecule has 0 saturated carbocycles. The lowest BCUT2D eigenvalue weighted by molar-refractivity contribution is -0.138. The second-order valence-electron chi connectivity index (χ2n) is 6.80. The number of ketones is 2. The third kappa shape index (κ3) is 7.88. The van der Waals surface area contributed by atoms with Gasteiger partial charge in [-0.1, -0.05) is 27.7 Å². The van der Waals surface area contributed by atoms with Crippen LogP contribution in [0, 0.1) is 17.3 Å². The molecule has 0 heterocycles. The van der Waals surface area contributed by atoms with Crippen LogP contribution in [0.15, 0.2) is 0 Å². The number of carbonyl (C=O) groups is 4. The Morgan fingerprint density at radius 3 is 1.81 bits per heavy atom. The average Bonchev–Trinajstić information content (AvgIpc) is 2.33. The van der Waals surface area contributed by atoms with E-state index in [1.165, 1.54) is 0 Å². The van der Waals surface area contributed by atoms with Gasteiger partial charge in [0.2, 0.25) is 0 Å². The van der Waals surface area contributed by atoms with Gasteiger partial charge in [0, 0.05) is 25.7 Å². The van der Waals surface area contributed by atoms with E-state index in [4.69, 9.17) is 0 Å². The lowest BCUT2D eigenvalue weighted by Crippen LogP contribution is -2.31. The first kappa shape index (κ1) is 19.7. The SMILES string of the molecule is CC(C)CC(CC=O)(CC(=O)C(=O)CCC=O)CC(C)C. The fourth-order valence-electron chi connectivity index (χ4n) is 3.14. The van der Waals surface area contributed by atoms with Gasteiger partial charge < -0.3 is 9.59 Å². The zero-order valence-corrected chi connectivity index (χ0v) is 13.7. The highest BCUT2D eigenvalue weighted by Gasteiger charge is 2.35. The summed E-state index contributed by atoms with van der Waals surface area (Å²) < 4.78 is 0.